The zero-order valence-electron chi connectivity index (χ0n) is 27.9. The van der Waals surface area contributed by atoms with E-state index in [1.165, 1.54) is 19.2 Å². The van der Waals surface area contributed by atoms with Gasteiger partial charge in [-0.3, -0.25) is 19.2 Å². The van der Waals surface area contributed by atoms with Crippen LogP contribution >= 0.6 is 27.5 Å². The van der Waals surface area contributed by atoms with Crippen LogP contribution in [0.5, 0.6) is 17.2 Å². The second kappa shape index (κ2) is 12.6. The third-order valence-corrected chi connectivity index (χ3v) is 11.9. The summed E-state index contributed by atoms with van der Waals surface area (Å²) in [6.07, 6.45) is 1.97. The number of ether oxygens (including phenoxy) is 1. The van der Waals surface area contributed by atoms with E-state index >= 15 is 4.79 Å². The quantitative estimate of drug-likeness (QED) is 0.145. The third kappa shape index (κ3) is 4.95. The molecule has 4 aliphatic rings. The van der Waals surface area contributed by atoms with Gasteiger partial charge in [0.2, 0.25) is 23.6 Å². The number of amides is 4. The van der Waals surface area contributed by atoms with Crippen LogP contribution in [-0.4, -0.2) is 52.0 Å². The van der Waals surface area contributed by atoms with Crippen molar-refractivity contribution < 1.29 is 44.0 Å². The summed E-state index contributed by atoms with van der Waals surface area (Å²) in [6.45, 7) is 0. The number of phenols is 2. The minimum Gasteiger partial charge on any atom is -0.507 e. The number of carbonyl (C=O) groups excluding carboxylic acids is 4. The first-order valence-corrected chi connectivity index (χ1v) is 18.0. The van der Waals surface area contributed by atoms with Crippen molar-refractivity contribution in [1.29, 1.82) is 0 Å². The average molecular weight is 798 g/mol. The van der Waals surface area contributed by atoms with E-state index in [-0.39, 0.29) is 46.8 Å². The van der Waals surface area contributed by atoms with Crippen LogP contribution in [-0.2, 0) is 24.6 Å². The molecule has 2 aliphatic heterocycles. The number of nitrogens with zero attached hydrogens (tertiary/aromatic N) is 2. The summed E-state index contributed by atoms with van der Waals surface area (Å²) >= 11 is 9.92. The molecule has 3 fully saturated rings. The second-order valence-electron chi connectivity index (χ2n) is 13.7. The molecular formula is C40H30BrClN2O9. The van der Waals surface area contributed by atoms with Gasteiger partial charge in [0.1, 0.15) is 11.3 Å². The molecule has 2 aliphatic carbocycles. The Hall–Kier alpha value is -5.46. The molecule has 3 N–H and O–H groups in total. The maximum Gasteiger partial charge on any atom is 0.339 e. The molecule has 0 unspecified atom stereocenters. The summed E-state index contributed by atoms with van der Waals surface area (Å²) in [5.74, 6) is -8.91. The number of carboxylic acids is 1. The number of carboxylic acid groups (broad SMARTS) is 1. The lowest BCUT2D eigenvalue weighted by atomic mass is 9.49. The number of imide groups is 2. The molecule has 1 saturated carbocycles. The molecule has 4 amide bonds. The predicted octanol–water partition coefficient (Wildman–Crippen LogP) is 6.59. The predicted molar refractivity (Wildman–Crippen MR) is 196 cm³/mol. The highest BCUT2D eigenvalue weighted by molar-refractivity contribution is 9.10. The van der Waals surface area contributed by atoms with Gasteiger partial charge in [-0.15, -0.1) is 0 Å². The Morgan fingerprint density at radius 3 is 2.28 bits per heavy atom. The molecule has 4 aromatic carbocycles. The van der Waals surface area contributed by atoms with E-state index in [0.717, 1.165) is 21.9 Å². The lowest BCUT2D eigenvalue weighted by molar-refractivity contribution is -0.127. The van der Waals surface area contributed by atoms with Gasteiger partial charge < -0.3 is 20.1 Å². The average Bonchev–Trinajstić information content (AvgIpc) is 3.53. The minimum atomic E-state index is -1.62. The normalized spacial score (nSPS) is 26.2. The lowest BCUT2D eigenvalue weighted by Gasteiger charge is -2.50. The van der Waals surface area contributed by atoms with Crippen molar-refractivity contribution in [3.63, 3.8) is 0 Å². The van der Waals surface area contributed by atoms with Crippen molar-refractivity contribution in [2.75, 3.05) is 16.9 Å². The summed E-state index contributed by atoms with van der Waals surface area (Å²) in [5.41, 5.74) is -0.299. The van der Waals surface area contributed by atoms with Gasteiger partial charge in [-0.05, 0) is 66.8 Å². The summed E-state index contributed by atoms with van der Waals surface area (Å²) in [7, 11) is 1.40. The highest BCUT2D eigenvalue weighted by atomic mass is 79.9. The summed E-state index contributed by atoms with van der Waals surface area (Å²) in [5, 5.41) is 32.1. The standard InChI is InChI=1S/C40H30BrClN2O9/c1-53-31-15-20(41)14-28(34(31)46)33-24-12-13-26-32(37(49)43(35(26)47)23-10-11-25(38(50)51)30(45)17-23)27(24)18-29-36(48)44(22-9-5-8-21(42)16-22)39(52)40(29,33)19-6-3-2-4-7-19/h2-12,14-17,26-27,29,32-33,45-46H,13,18H2,1H3,(H,50,51)/t26-,27+,29-,32-,33+,40+/m0/s1. The molecule has 2 heterocycles. The molecule has 11 nitrogen and oxygen atoms in total. The summed E-state index contributed by atoms with van der Waals surface area (Å²) in [6, 6.07) is 22.1. The maximum absolute atomic E-state index is 15.4. The first-order chi connectivity index (χ1) is 25.4. The van der Waals surface area contributed by atoms with Gasteiger partial charge in [-0.1, -0.05) is 75.6 Å². The Bertz CT molecular complexity index is 2310. The first kappa shape index (κ1) is 34.6. The van der Waals surface area contributed by atoms with Crippen molar-refractivity contribution in [2.45, 2.75) is 24.2 Å². The number of halogens is 2. The second-order valence-corrected chi connectivity index (χ2v) is 15.0. The summed E-state index contributed by atoms with van der Waals surface area (Å²) < 4.78 is 6.08. The minimum absolute atomic E-state index is 0.0121. The topological polar surface area (TPSA) is 162 Å². The molecule has 6 atom stereocenters. The Kier molecular flexibility index (Phi) is 8.23. The molecule has 268 valence electrons. The van der Waals surface area contributed by atoms with Crippen LogP contribution in [0.4, 0.5) is 11.4 Å². The Labute approximate surface area is 316 Å². The molecule has 13 heteroatoms. The van der Waals surface area contributed by atoms with Crippen molar-refractivity contribution >= 4 is 68.5 Å². The van der Waals surface area contributed by atoms with Crippen LogP contribution in [0.2, 0.25) is 5.02 Å². The zero-order chi connectivity index (χ0) is 37.5. The number of carbonyl (C=O) groups is 5. The molecular weight excluding hydrogens is 768 g/mol. The number of aromatic hydroxyl groups is 2. The SMILES string of the molecule is COc1cc(Br)cc([C@H]2C3=CC[C@@H]4C(=O)N(c5ccc(C(=O)O)c(O)c5)C(=O)[C@@H]4[C@@H]3C[C@H]3C(=O)N(c4cccc(Cl)c4)C(=O)[C@@]23c2ccccc2)c1O. The van der Waals surface area contributed by atoms with Crippen LogP contribution in [0.25, 0.3) is 0 Å². The van der Waals surface area contributed by atoms with Crippen LogP contribution in [0.3, 0.4) is 0 Å². The van der Waals surface area contributed by atoms with Crippen LogP contribution in [0.15, 0.2) is 101 Å². The number of anilines is 2. The fourth-order valence-electron chi connectivity index (χ4n) is 9.15. The van der Waals surface area contributed by atoms with Gasteiger partial charge in [0, 0.05) is 27.0 Å². The van der Waals surface area contributed by atoms with Crippen LogP contribution < -0.4 is 14.5 Å². The number of allylic oxidation sites excluding steroid dienone is 2. The molecule has 0 bridgehead atoms. The number of fused-ring (bicyclic) bond motifs is 4. The van der Waals surface area contributed by atoms with Crippen molar-refractivity contribution in [3.8, 4) is 17.2 Å². The molecule has 0 aromatic heterocycles. The Balaban J connectivity index is 1.36. The fraction of sp³-hybridized carbons (Fsp3) is 0.225. The van der Waals surface area contributed by atoms with E-state index in [1.807, 2.05) is 6.08 Å². The van der Waals surface area contributed by atoms with Gasteiger partial charge >= 0.3 is 5.97 Å². The van der Waals surface area contributed by atoms with Gasteiger partial charge in [0.05, 0.1) is 41.7 Å². The maximum atomic E-state index is 15.4. The third-order valence-electron chi connectivity index (χ3n) is 11.2. The van der Waals surface area contributed by atoms with Crippen LogP contribution in [0.1, 0.15) is 40.2 Å². The molecule has 0 spiro atoms. The number of hydrogen-bond donors (Lipinski definition) is 3. The molecule has 4 aromatic rings. The highest BCUT2D eigenvalue weighted by Gasteiger charge is 2.70. The van der Waals surface area contributed by atoms with Crippen molar-refractivity contribution in [3.05, 3.63) is 123 Å². The number of methoxy groups -OCH3 is 1. The number of rotatable bonds is 6. The smallest absolute Gasteiger partial charge is 0.339 e. The van der Waals surface area contributed by atoms with Gasteiger partial charge in [-0.25, -0.2) is 14.6 Å². The molecule has 2 saturated heterocycles. The Morgan fingerprint density at radius 1 is 0.868 bits per heavy atom. The molecule has 8 rings (SSSR count). The largest absolute Gasteiger partial charge is 0.507 e. The van der Waals surface area contributed by atoms with E-state index in [0.29, 0.717) is 20.6 Å². The first-order valence-electron chi connectivity index (χ1n) is 16.8. The fourth-order valence-corrected chi connectivity index (χ4v) is 9.79. The van der Waals surface area contributed by atoms with Gasteiger partial charge in [0.25, 0.3) is 0 Å². The van der Waals surface area contributed by atoms with E-state index in [4.69, 9.17) is 16.3 Å². The van der Waals surface area contributed by atoms with Crippen molar-refractivity contribution in [1.82, 2.24) is 0 Å². The van der Waals surface area contributed by atoms with Gasteiger partial charge in [0.15, 0.2) is 11.5 Å². The lowest BCUT2D eigenvalue weighted by Crippen LogP contribution is -2.53. The number of benzene rings is 4. The molecule has 0 radical (unpaired) electrons. The van der Waals surface area contributed by atoms with E-state index in [1.54, 1.807) is 60.7 Å². The number of phenolic OH excluding ortho intramolecular Hbond substituents is 1. The molecule has 53 heavy (non-hydrogen) atoms. The van der Waals surface area contributed by atoms with Crippen molar-refractivity contribution in [2.24, 2.45) is 23.7 Å². The highest BCUT2D eigenvalue weighted by Crippen LogP contribution is 2.66. The zero-order valence-corrected chi connectivity index (χ0v) is 30.2. The Morgan fingerprint density at radius 2 is 1.60 bits per heavy atom. The van der Waals surface area contributed by atoms with E-state index in [2.05, 4.69) is 15.9 Å². The van der Waals surface area contributed by atoms with Gasteiger partial charge in [-0.2, -0.15) is 0 Å². The number of aromatic carboxylic acids is 1. The monoisotopic (exact) mass is 796 g/mol. The number of hydrogen-bond acceptors (Lipinski definition) is 8. The van der Waals surface area contributed by atoms with E-state index < -0.39 is 70.4 Å². The van der Waals surface area contributed by atoms with E-state index in [9.17, 15) is 34.5 Å². The van der Waals surface area contributed by atoms with Crippen LogP contribution in [0, 0.1) is 23.7 Å². The summed E-state index contributed by atoms with van der Waals surface area (Å²) in [4.78, 5) is 72.6.